The lowest BCUT2D eigenvalue weighted by molar-refractivity contribution is -0.143. The quantitative estimate of drug-likeness (QED) is 0.297. The van der Waals surface area contributed by atoms with Crippen LogP contribution in [0, 0.1) is 5.82 Å². The molecule has 4 aromatic rings. The van der Waals surface area contributed by atoms with Crippen LogP contribution in [0.5, 0.6) is 0 Å². The Balaban J connectivity index is 1.38. The Morgan fingerprint density at radius 2 is 1.93 bits per heavy atom. The van der Waals surface area contributed by atoms with E-state index in [1.54, 1.807) is 4.40 Å². The van der Waals surface area contributed by atoms with E-state index >= 15 is 4.39 Å². The maximum absolute atomic E-state index is 15.7. The van der Waals surface area contributed by atoms with Crippen molar-refractivity contribution in [3.8, 4) is 11.3 Å². The minimum absolute atomic E-state index is 0.00647. The molecule has 16 heteroatoms. The summed E-state index contributed by atoms with van der Waals surface area (Å²) in [6.07, 6.45) is -0.549. The second-order valence-corrected chi connectivity index (χ2v) is 11.1. The molecule has 0 spiro atoms. The van der Waals surface area contributed by atoms with E-state index in [1.165, 1.54) is 6.20 Å². The number of benzene rings is 1. The van der Waals surface area contributed by atoms with Crippen molar-refractivity contribution in [2.24, 2.45) is 7.05 Å². The van der Waals surface area contributed by atoms with Crippen molar-refractivity contribution >= 4 is 52.2 Å². The van der Waals surface area contributed by atoms with Crippen LogP contribution in [-0.2, 0) is 18.0 Å². The summed E-state index contributed by atoms with van der Waals surface area (Å²) in [5, 5.41) is 5.83. The Morgan fingerprint density at radius 1 is 1.17 bits per heavy atom. The van der Waals surface area contributed by atoms with Crippen LogP contribution in [0.4, 0.5) is 29.2 Å². The van der Waals surface area contributed by atoms with Crippen LogP contribution in [0.2, 0.25) is 10.2 Å². The molecule has 0 bridgehead atoms. The van der Waals surface area contributed by atoms with E-state index in [0.29, 0.717) is 36.0 Å². The molecule has 3 aromatic heterocycles. The van der Waals surface area contributed by atoms with Gasteiger partial charge in [0.05, 0.1) is 16.8 Å². The van der Waals surface area contributed by atoms with Gasteiger partial charge in [0.25, 0.3) is 5.91 Å². The Morgan fingerprint density at radius 3 is 2.62 bits per heavy atom. The highest BCUT2D eigenvalue weighted by Crippen LogP contribution is 2.41. The van der Waals surface area contributed by atoms with Crippen molar-refractivity contribution in [3.05, 3.63) is 57.5 Å². The summed E-state index contributed by atoms with van der Waals surface area (Å²) in [5.74, 6) is -1.93. The number of anilines is 2. The monoisotopic (exact) mass is 624 g/mol. The number of amides is 2. The summed E-state index contributed by atoms with van der Waals surface area (Å²) >= 11 is 13.0. The van der Waals surface area contributed by atoms with Crippen molar-refractivity contribution < 1.29 is 27.2 Å². The number of halogens is 6. The third kappa shape index (κ3) is 4.71. The average Bonchev–Trinajstić information content (AvgIpc) is 3.61. The Hall–Kier alpha value is -3.91. The number of hydrogen-bond donors (Lipinski definition) is 2. The maximum Gasteiger partial charge on any atom is 0.433 e. The van der Waals surface area contributed by atoms with Gasteiger partial charge in [0.15, 0.2) is 5.82 Å². The Bertz CT molecular complexity index is 1750. The maximum atomic E-state index is 15.7. The molecule has 6 rings (SSSR count). The number of nitrogens with zero attached hydrogens (tertiary/aromatic N) is 6. The zero-order valence-corrected chi connectivity index (χ0v) is 23.4. The van der Waals surface area contributed by atoms with Gasteiger partial charge in [-0.3, -0.25) is 18.7 Å². The van der Waals surface area contributed by atoms with Gasteiger partial charge in [-0.05, 0) is 31.4 Å². The van der Waals surface area contributed by atoms with E-state index in [0.717, 1.165) is 32.0 Å². The molecule has 0 saturated carbocycles. The van der Waals surface area contributed by atoms with Gasteiger partial charge in [-0.25, -0.2) is 14.4 Å². The highest BCUT2D eigenvalue weighted by Gasteiger charge is 2.39. The first kappa shape index (κ1) is 28.2. The zero-order valence-electron chi connectivity index (χ0n) is 21.8. The van der Waals surface area contributed by atoms with Crippen molar-refractivity contribution in [1.82, 2.24) is 29.0 Å². The topological polar surface area (TPSA) is 123 Å². The predicted octanol–water partition coefficient (Wildman–Crippen LogP) is 5.30. The molecule has 2 fully saturated rings. The summed E-state index contributed by atoms with van der Waals surface area (Å²) in [6.45, 7) is 0.416. The van der Waals surface area contributed by atoms with Crippen molar-refractivity contribution in [1.29, 1.82) is 0 Å². The number of aryl methyl sites for hydroxylation is 1. The fourth-order valence-electron chi connectivity index (χ4n) is 5.77. The third-order valence-electron chi connectivity index (χ3n) is 7.71. The van der Waals surface area contributed by atoms with Crippen molar-refractivity contribution in [2.45, 2.75) is 43.8 Å². The second kappa shape index (κ2) is 10.1. The highest BCUT2D eigenvalue weighted by atomic mass is 35.5. The van der Waals surface area contributed by atoms with E-state index in [2.05, 4.69) is 15.4 Å². The minimum Gasteiger partial charge on any atom is -0.382 e. The molecule has 1 aromatic carbocycles. The lowest BCUT2D eigenvalue weighted by Crippen LogP contribution is -2.41. The van der Waals surface area contributed by atoms with E-state index in [4.69, 9.17) is 33.9 Å². The molecular formula is C26H22Cl2F4N8O2. The number of nitrogens with one attached hydrogen (secondary N) is 1. The van der Waals surface area contributed by atoms with Gasteiger partial charge in [0.1, 0.15) is 39.5 Å². The SMILES string of the molecule is Cn1nc(NC(=O)c2cc(F)c(-c3nc([C@@H]4CC[C@H]5CCC(=O)N5C4)n4c(Cl)cnc(N)c34)c(Cl)c2)cc1C(F)(F)F. The van der Waals surface area contributed by atoms with Crippen LogP contribution in [-0.4, -0.2) is 53.5 Å². The summed E-state index contributed by atoms with van der Waals surface area (Å²) in [4.78, 5) is 35.9. The van der Waals surface area contributed by atoms with Gasteiger partial charge in [-0.2, -0.15) is 18.3 Å². The van der Waals surface area contributed by atoms with Gasteiger partial charge in [-0.15, -0.1) is 0 Å². The number of piperidine rings is 1. The number of nitrogen functional groups attached to an aromatic ring is 1. The smallest absolute Gasteiger partial charge is 0.382 e. The number of imidazole rings is 1. The Kier molecular flexibility index (Phi) is 6.80. The molecule has 5 heterocycles. The molecule has 0 aliphatic carbocycles. The first-order valence-corrected chi connectivity index (χ1v) is 13.6. The van der Waals surface area contributed by atoms with Gasteiger partial charge in [0.2, 0.25) is 5.91 Å². The molecule has 3 N–H and O–H groups in total. The average molecular weight is 625 g/mol. The van der Waals surface area contributed by atoms with Crippen LogP contribution in [0.15, 0.2) is 24.4 Å². The minimum atomic E-state index is -4.68. The first-order chi connectivity index (χ1) is 19.8. The number of rotatable bonds is 4. The molecule has 10 nitrogen and oxygen atoms in total. The molecule has 220 valence electrons. The van der Waals surface area contributed by atoms with Gasteiger partial charge in [0, 0.05) is 43.6 Å². The van der Waals surface area contributed by atoms with Gasteiger partial charge >= 0.3 is 6.18 Å². The highest BCUT2D eigenvalue weighted by molar-refractivity contribution is 6.34. The van der Waals surface area contributed by atoms with Crippen LogP contribution in [0.25, 0.3) is 16.8 Å². The molecule has 42 heavy (non-hydrogen) atoms. The second-order valence-electron chi connectivity index (χ2n) is 10.3. The largest absolute Gasteiger partial charge is 0.433 e. The molecule has 0 unspecified atom stereocenters. The van der Waals surface area contributed by atoms with E-state index < -0.39 is 23.6 Å². The summed E-state index contributed by atoms with van der Waals surface area (Å²) < 4.78 is 57.2. The van der Waals surface area contributed by atoms with E-state index in [1.807, 2.05) is 4.90 Å². The number of carbonyl (C=O) groups is 2. The van der Waals surface area contributed by atoms with E-state index in [9.17, 15) is 22.8 Å². The first-order valence-electron chi connectivity index (χ1n) is 12.9. The number of alkyl halides is 3. The lowest BCUT2D eigenvalue weighted by Gasteiger charge is -2.34. The van der Waals surface area contributed by atoms with Crippen molar-refractivity contribution in [3.63, 3.8) is 0 Å². The van der Waals surface area contributed by atoms with Gasteiger partial charge < -0.3 is 16.0 Å². The molecule has 2 saturated heterocycles. The molecule has 0 radical (unpaired) electrons. The third-order valence-corrected chi connectivity index (χ3v) is 8.27. The molecule has 2 aliphatic rings. The molecule has 2 aliphatic heterocycles. The van der Waals surface area contributed by atoms with Crippen LogP contribution in [0.3, 0.4) is 0 Å². The predicted molar refractivity (Wildman–Crippen MR) is 146 cm³/mol. The number of aromatic nitrogens is 5. The number of nitrogens with two attached hydrogens (primary N) is 1. The summed E-state index contributed by atoms with van der Waals surface area (Å²) in [6, 6.07) is 2.89. The lowest BCUT2D eigenvalue weighted by atomic mass is 9.92. The zero-order chi connectivity index (χ0) is 30.1. The fourth-order valence-corrected chi connectivity index (χ4v) is 6.29. The Labute approximate surface area is 245 Å². The van der Waals surface area contributed by atoms with Crippen LogP contribution < -0.4 is 11.1 Å². The molecule has 2 amide bonds. The van der Waals surface area contributed by atoms with E-state index in [-0.39, 0.29) is 62.0 Å². The summed E-state index contributed by atoms with van der Waals surface area (Å²) in [7, 11) is 1.08. The number of carbonyl (C=O) groups excluding carboxylic acids is 2. The standard InChI is InChI=1S/C26H22Cl2F4N8O2/c1-38-16(26(30,31)32)8-18(37-38)35-25(42)12-6-14(27)20(15(29)7-12)21-22-23(33)34-9-17(28)40(22)24(36-21)11-2-3-13-4-5-19(41)39(13)10-11/h6-9,11,13H,2-5,10H2,1H3,(H2,33,34)(H,35,37,42)/t11-,13+/m1/s1. The summed E-state index contributed by atoms with van der Waals surface area (Å²) in [5.41, 5.74) is 4.95. The van der Waals surface area contributed by atoms with Gasteiger partial charge in [-0.1, -0.05) is 23.2 Å². The fraction of sp³-hybridized carbons (Fsp3) is 0.346. The van der Waals surface area contributed by atoms with Crippen LogP contribution >= 0.6 is 23.2 Å². The molecule has 2 atom stereocenters. The van der Waals surface area contributed by atoms with Crippen molar-refractivity contribution in [2.75, 3.05) is 17.6 Å². The number of fused-ring (bicyclic) bond motifs is 2. The van der Waals surface area contributed by atoms with Crippen LogP contribution in [0.1, 0.15) is 53.5 Å². The molecular weight excluding hydrogens is 603 g/mol. The number of hydrogen-bond acceptors (Lipinski definition) is 6. The normalized spacial score (nSPS) is 19.0.